The van der Waals surface area contributed by atoms with E-state index in [2.05, 4.69) is 9.97 Å². The van der Waals surface area contributed by atoms with Gasteiger partial charge in [-0.15, -0.1) is 0 Å². The minimum Gasteiger partial charge on any atom is -0.481 e. The van der Waals surface area contributed by atoms with Gasteiger partial charge in [0.2, 0.25) is 11.8 Å². The second-order valence-electron chi connectivity index (χ2n) is 7.30. The number of anilines is 1. The number of amides is 1. The molecule has 0 bridgehead atoms. The zero-order valence-corrected chi connectivity index (χ0v) is 18.9. The summed E-state index contributed by atoms with van der Waals surface area (Å²) < 4.78 is 41.9. The number of carbonyl (C=O) groups excluding carboxylic acids is 1. The van der Waals surface area contributed by atoms with Crippen molar-refractivity contribution in [3.05, 3.63) is 58.9 Å². The molecular formula is C23H26ClF3N4O2. The number of nitrogens with zero attached hydrogens (tertiary/aromatic N) is 2. The minimum absolute atomic E-state index is 0.0907. The number of methoxy groups -OCH3 is 1. The summed E-state index contributed by atoms with van der Waals surface area (Å²) in [6.45, 7) is 0. The van der Waals surface area contributed by atoms with Gasteiger partial charge in [-0.25, -0.2) is 9.97 Å². The third-order valence-electron chi connectivity index (χ3n) is 4.84. The van der Waals surface area contributed by atoms with Crippen LogP contribution < -0.4 is 16.2 Å². The van der Waals surface area contributed by atoms with E-state index in [-0.39, 0.29) is 21.8 Å². The summed E-state index contributed by atoms with van der Waals surface area (Å²) >= 11 is 5.63. The first-order valence-electron chi connectivity index (χ1n) is 10.3. The number of ether oxygens (including phenoxy) is 1. The van der Waals surface area contributed by atoms with Crippen LogP contribution in [0, 0.1) is 0 Å². The van der Waals surface area contributed by atoms with Gasteiger partial charge in [-0.1, -0.05) is 68.3 Å². The number of rotatable bonds is 2. The maximum atomic E-state index is 12.4. The first kappa shape index (κ1) is 26.2. The molecule has 178 valence electrons. The summed E-state index contributed by atoms with van der Waals surface area (Å²) in [6, 6.07) is 8.70. The summed E-state index contributed by atoms with van der Waals surface area (Å²) in [5.74, 6) is -0.283. The summed E-state index contributed by atoms with van der Waals surface area (Å²) in [7, 11) is 1.45. The molecule has 1 amide bonds. The number of nitrogens with two attached hydrogens (primary N) is 2. The molecule has 1 aromatic carbocycles. The first-order chi connectivity index (χ1) is 15.6. The average molecular weight is 483 g/mol. The molecule has 1 saturated carbocycles. The predicted molar refractivity (Wildman–Crippen MR) is 123 cm³/mol. The summed E-state index contributed by atoms with van der Waals surface area (Å²) in [5, 5.41) is 0.758. The minimum atomic E-state index is -4.46. The number of aromatic nitrogens is 2. The smallest absolute Gasteiger partial charge is 0.433 e. The third-order valence-corrected chi connectivity index (χ3v) is 5.14. The third kappa shape index (κ3) is 8.09. The van der Waals surface area contributed by atoms with Gasteiger partial charge in [0, 0.05) is 17.1 Å². The number of primary amides is 1. The van der Waals surface area contributed by atoms with Gasteiger partial charge in [0.05, 0.1) is 29.4 Å². The highest BCUT2D eigenvalue weighted by Gasteiger charge is 2.33. The van der Waals surface area contributed by atoms with Gasteiger partial charge in [0.25, 0.3) is 0 Å². The van der Waals surface area contributed by atoms with E-state index < -0.39 is 17.8 Å². The molecule has 2 aromatic heterocycles. The van der Waals surface area contributed by atoms with Crippen molar-refractivity contribution in [2.45, 2.75) is 44.7 Å². The van der Waals surface area contributed by atoms with Gasteiger partial charge < -0.3 is 16.2 Å². The number of hydrogen-bond donors (Lipinski definition) is 2. The monoisotopic (exact) mass is 482 g/mol. The molecule has 33 heavy (non-hydrogen) atoms. The molecule has 3 aromatic rings. The van der Waals surface area contributed by atoms with Crippen LogP contribution in [0.5, 0.6) is 5.88 Å². The summed E-state index contributed by atoms with van der Waals surface area (Å²) in [6.07, 6.45) is 5.86. The Morgan fingerprint density at radius 3 is 2.15 bits per heavy atom. The van der Waals surface area contributed by atoms with Crippen molar-refractivity contribution in [1.29, 1.82) is 0 Å². The number of nitrogen functional groups attached to an aromatic ring is 1. The lowest BCUT2D eigenvalue weighted by Crippen LogP contribution is -2.12. The lowest BCUT2D eigenvalue weighted by molar-refractivity contribution is -0.140. The molecule has 4 N–H and O–H groups in total. The second kappa shape index (κ2) is 12.2. The number of para-hydroxylation sites is 1. The van der Waals surface area contributed by atoms with Crippen molar-refractivity contribution in [2.24, 2.45) is 5.73 Å². The van der Waals surface area contributed by atoms with Crippen LogP contribution in [0.3, 0.4) is 0 Å². The zero-order valence-electron chi connectivity index (χ0n) is 18.2. The highest BCUT2D eigenvalue weighted by molar-refractivity contribution is 6.33. The maximum Gasteiger partial charge on any atom is 0.433 e. The van der Waals surface area contributed by atoms with Gasteiger partial charge in [-0.3, -0.25) is 4.79 Å². The molecule has 6 nitrogen and oxygen atoms in total. The van der Waals surface area contributed by atoms with Crippen LogP contribution >= 0.6 is 11.6 Å². The summed E-state index contributed by atoms with van der Waals surface area (Å²) in [4.78, 5) is 18.0. The van der Waals surface area contributed by atoms with Crippen molar-refractivity contribution < 1.29 is 22.7 Å². The lowest BCUT2D eigenvalue weighted by atomic mass is 10.0. The highest BCUT2D eigenvalue weighted by Crippen LogP contribution is 2.31. The van der Waals surface area contributed by atoms with E-state index in [0.717, 1.165) is 6.07 Å². The topological polar surface area (TPSA) is 104 Å². The lowest BCUT2D eigenvalue weighted by Gasteiger charge is -2.08. The highest BCUT2D eigenvalue weighted by atomic mass is 35.5. The van der Waals surface area contributed by atoms with Crippen molar-refractivity contribution in [3.63, 3.8) is 0 Å². The number of carbonyl (C=O) groups is 1. The Balaban J connectivity index is 0.000000191. The normalized spacial score (nSPS) is 13.2. The summed E-state index contributed by atoms with van der Waals surface area (Å²) in [5.41, 5.74) is 10.1. The van der Waals surface area contributed by atoms with Crippen molar-refractivity contribution >= 4 is 34.1 Å². The molecule has 0 unspecified atom stereocenters. The molecule has 0 saturated heterocycles. The van der Waals surface area contributed by atoms with Gasteiger partial charge in [0.15, 0.2) is 0 Å². The second-order valence-corrected chi connectivity index (χ2v) is 7.71. The Bertz CT molecular complexity index is 1060. The molecule has 10 heteroatoms. The van der Waals surface area contributed by atoms with Crippen molar-refractivity contribution in [3.8, 4) is 5.88 Å². The zero-order chi connectivity index (χ0) is 24.4. The fraction of sp³-hybridized carbons (Fsp3) is 0.348. The SMILES string of the molecule is C1CCCCC1.COc1cc(C(N)=O)c(Cl)cn1.Nc1cc(C(F)(F)F)nc2ccccc12. The number of alkyl halides is 3. The first-order valence-corrected chi connectivity index (χ1v) is 10.7. The van der Waals surface area contributed by atoms with E-state index in [9.17, 15) is 18.0 Å². The molecule has 2 heterocycles. The molecule has 0 aliphatic heterocycles. The van der Waals surface area contributed by atoms with E-state index in [1.807, 2.05) is 0 Å². The molecule has 4 rings (SSSR count). The number of pyridine rings is 2. The van der Waals surface area contributed by atoms with Crippen LogP contribution in [0.1, 0.15) is 54.6 Å². The predicted octanol–water partition coefficient (Wildman–Crippen LogP) is 6.02. The van der Waals surface area contributed by atoms with E-state index in [0.29, 0.717) is 11.3 Å². The Morgan fingerprint density at radius 1 is 1.06 bits per heavy atom. The average Bonchev–Trinajstić information content (AvgIpc) is 2.80. The maximum absolute atomic E-state index is 12.4. The van der Waals surface area contributed by atoms with Crippen molar-refractivity contribution in [2.75, 3.05) is 12.8 Å². The Labute approximate surface area is 195 Å². The van der Waals surface area contributed by atoms with E-state index in [4.69, 9.17) is 27.8 Å². The van der Waals surface area contributed by atoms with E-state index in [1.54, 1.807) is 18.2 Å². The molecule has 0 radical (unpaired) electrons. The van der Waals surface area contributed by atoms with Crippen LogP contribution in [0.15, 0.2) is 42.6 Å². The Morgan fingerprint density at radius 2 is 1.64 bits per heavy atom. The van der Waals surface area contributed by atoms with Gasteiger partial charge in [0.1, 0.15) is 5.69 Å². The van der Waals surface area contributed by atoms with Crippen LogP contribution in [0.2, 0.25) is 5.02 Å². The van der Waals surface area contributed by atoms with E-state index >= 15 is 0 Å². The number of halogens is 4. The van der Waals surface area contributed by atoms with Gasteiger partial charge in [-0.05, 0) is 12.1 Å². The number of hydrogen-bond acceptors (Lipinski definition) is 5. The standard InChI is InChI=1S/C10H7F3N2.C7H7ClN2O2.C6H12/c11-10(12,13)9-5-7(14)6-3-1-2-4-8(6)15-9;1-12-6-2-4(7(9)11)5(8)3-10-6;1-2-4-6-5-3-1/h1-5H,(H2,14,15);2-3H,1H3,(H2,9,11);1-6H2. The van der Waals surface area contributed by atoms with Crippen LogP contribution in [-0.4, -0.2) is 23.0 Å². The number of fused-ring (bicyclic) bond motifs is 1. The molecule has 1 aliphatic carbocycles. The molecule has 0 spiro atoms. The fourth-order valence-electron chi connectivity index (χ4n) is 3.13. The van der Waals surface area contributed by atoms with Crippen LogP contribution in [0.25, 0.3) is 10.9 Å². The molecule has 1 aliphatic rings. The fourth-order valence-corrected chi connectivity index (χ4v) is 3.32. The molecular weight excluding hydrogens is 457 g/mol. The Hall–Kier alpha value is -3.07. The molecule has 1 fully saturated rings. The molecule has 0 atom stereocenters. The largest absolute Gasteiger partial charge is 0.481 e. The van der Waals surface area contributed by atoms with Gasteiger partial charge in [-0.2, -0.15) is 13.2 Å². The van der Waals surface area contributed by atoms with Gasteiger partial charge >= 0.3 is 6.18 Å². The quantitative estimate of drug-likeness (QED) is 0.464. The van der Waals surface area contributed by atoms with E-state index in [1.165, 1.54) is 64.0 Å². The van der Waals surface area contributed by atoms with Crippen LogP contribution in [0.4, 0.5) is 18.9 Å². The van der Waals surface area contributed by atoms with Crippen LogP contribution in [-0.2, 0) is 6.18 Å². The van der Waals surface area contributed by atoms with Crippen molar-refractivity contribution in [1.82, 2.24) is 9.97 Å². The Kier molecular flexibility index (Phi) is 9.72. The number of benzene rings is 1.